The van der Waals surface area contributed by atoms with Crippen molar-refractivity contribution >= 4 is 5.91 Å². The first kappa shape index (κ1) is 17.3. The molecule has 0 saturated carbocycles. The number of rotatable bonds is 5. The average Bonchev–Trinajstić information content (AvgIpc) is 2.99. The summed E-state index contributed by atoms with van der Waals surface area (Å²) in [6.45, 7) is 3.74. The fraction of sp³-hybridized carbons (Fsp3) is 0.667. The molecule has 0 radical (unpaired) electrons. The molecule has 1 spiro atoms. The number of nitrogens with zero attached hydrogens (tertiary/aromatic N) is 3. The second kappa shape index (κ2) is 7.59. The van der Waals surface area contributed by atoms with Crippen LogP contribution in [0.3, 0.4) is 0 Å². The molecule has 24 heavy (non-hydrogen) atoms. The van der Waals surface area contributed by atoms with Crippen molar-refractivity contribution in [2.24, 2.45) is 0 Å². The number of likely N-dealkylation sites (N-methyl/N-ethyl adjacent to an activating group) is 1. The van der Waals surface area contributed by atoms with Crippen LogP contribution < -0.4 is 0 Å². The summed E-state index contributed by atoms with van der Waals surface area (Å²) in [7, 11) is 3.49. The van der Waals surface area contributed by atoms with Gasteiger partial charge in [0.2, 0.25) is 5.91 Å². The van der Waals surface area contributed by atoms with E-state index in [-0.39, 0.29) is 24.2 Å². The summed E-state index contributed by atoms with van der Waals surface area (Å²) >= 11 is 0. The Kier molecular flexibility index (Phi) is 5.48. The van der Waals surface area contributed by atoms with Crippen LogP contribution in [0.25, 0.3) is 0 Å². The number of amides is 1. The number of carbonyl (C=O) groups excluding carboxylic acids is 1. The Morgan fingerprint density at radius 2 is 2.25 bits per heavy atom. The van der Waals surface area contributed by atoms with Gasteiger partial charge in [0.15, 0.2) is 0 Å². The van der Waals surface area contributed by atoms with Crippen LogP contribution in [0.4, 0.5) is 0 Å². The van der Waals surface area contributed by atoms with E-state index in [1.54, 1.807) is 19.0 Å². The predicted octanol–water partition coefficient (Wildman–Crippen LogP) is 1.31. The number of pyridine rings is 1. The van der Waals surface area contributed by atoms with Gasteiger partial charge in [-0.25, -0.2) is 0 Å². The van der Waals surface area contributed by atoms with Gasteiger partial charge < -0.3 is 14.4 Å². The summed E-state index contributed by atoms with van der Waals surface area (Å²) in [5.74, 6) is 0.00207. The molecule has 3 heterocycles. The summed E-state index contributed by atoms with van der Waals surface area (Å²) in [5, 5.41) is 0. The summed E-state index contributed by atoms with van der Waals surface area (Å²) in [6.07, 6.45) is 6.72. The number of hydrogen-bond acceptors (Lipinski definition) is 5. The predicted molar refractivity (Wildman–Crippen MR) is 90.5 cm³/mol. The van der Waals surface area contributed by atoms with E-state index >= 15 is 0 Å². The number of hydrogen-bond donors (Lipinski definition) is 0. The number of aromatic nitrogens is 1. The molecule has 6 heteroatoms. The average molecular weight is 333 g/mol. The van der Waals surface area contributed by atoms with Crippen LogP contribution in [0.5, 0.6) is 0 Å². The molecule has 0 bridgehead atoms. The lowest BCUT2D eigenvalue weighted by atomic mass is 9.88. The quantitative estimate of drug-likeness (QED) is 0.813. The zero-order valence-electron chi connectivity index (χ0n) is 14.6. The number of likely N-dealkylation sites (tertiary alicyclic amines) is 1. The van der Waals surface area contributed by atoms with Gasteiger partial charge in [-0.3, -0.25) is 14.7 Å². The van der Waals surface area contributed by atoms with Gasteiger partial charge in [-0.05, 0) is 24.5 Å². The molecule has 1 amide bonds. The fourth-order valence-corrected chi connectivity index (χ4v) is 3.44. The second-order valence-corrected chi connectivity index (χ2v) is 7.06. The van der Waals surface area contributed by atoms with Gasteiger partial charge in [-0.1, -0.05) is 6.07 Å². The molecule has 6 nitrogen and oxygen atoms in total. The first-order valence-corrected chi connectivity index (χ1v) is 8.63. The van der Waals surface area contributed by atoms with Crippen molar-refractivity contribution in [1.82, 2.24) is 14.8 Å². The van der Waals surface area contributed by atoms with E-state index in [4.69, 9.17) is 9.47 Å². The Morgan fingerprint density at radius 1 is 1.46 bits per heavy atom. The van der Waals surface area contributed by atoms with Crippen LogP contribution in [0.1, 0.15) is 24.8 Å². The van der Waals surface area contributed by atoms with Crippen LogP contribution in [-0.4, -0.2) is 72.8 Å². The lowest BCUT2D eigenvalue weighted by Gasteiger charge is -2.38. The van der Waals surface area contributed by atoms with Gasteiger partial charge in [0.1, 0.15) is 6.61 Å². The minimum absolute atomic E-state index is 0.00207. The van der Waals surface area contributed by atoms with E-state index in [2.05, 4.69) is 16.0 Å². The van der Waals surface area contributed by atoms with Gasteiger partial charge in [0.05, 0.1) is 18.3 Å². The Labute approximate surface area is 143 Å². The summed E-state index contributed by atoms with van der Waals surface area (Å²) < 4.78 is 11.8. The van der Waals surface area contributed by atoms with Crippen LogP contribution in [0.2, 0.25) is 0 Å². The molecule has 132 valence electrons. The molecular formula is C18H27N3O3. The Bertz CT molecular complexity index is 542. The van der Waals surface area contributed by atoms with Crippen molar-refractivity contribution in [3.8, 4) is 0 Å². The Morgan fingerprint density at radius 3 is 2.92 bits per heavy atom. The van der Waals surface area contributed by atoms with E-state index in [9.17, 15) is 4.79 Å². The van der Waals surface area contributed by atoms with Crippen molar-refractivity contribution in [2.45, 2.75) is 37.5 Å². The summed E-state index contributed by atoms with van der Waals surface area (Å²) in [5.41, 5.74) is 1.20. The lowest BCUT2D eigenvalue weighted by molar-refractivity contribution is -0.135. The minimum atomic E-state index is -0.0583. The highest BCUT2D eigenvalue weighted by Gasteiger charge is 2.43. The summed E-state index contributed by atoms with van der Waals surface area (Å²) in [6, 6.07) is 4.10. The van der Waals surface area contributed by atoms with Crippen molar-refractivity contribution in [2.75, 3.05) is 40.4 Å². The summed E-state index contributed by atoms with van der Waals surface area (Å²) in [4.78, 5) is 19.8. The SMILES string of the molecule is CN(C)C(=O)COC1COC2(CCN(Cc3cccnc3)CC2)C1. The number of carbonyl (C=O) groups is 1. The molecule has 2 saturated heterocycles. The molecule has 0 aliphatic carbocycles. The molecule has 0 N–H and O–H groups in total. The molecule has 1 aromatic rings. The molecule has 2 fully saturated rings. The smallest absolute Gasteiger partial charge is 0.248 e. The lowest BCUT2D eigenvalue weighted by Crippen LogP contribution is -2.44. The normalized spacial score (nSPS) is 23.5. The molecule has 2 aliphatic rings. The van der Waals surface area contributed by atoms with Gasteiger partial charge in [0.25, 0.3) is 0 Å². The maximum Gasteiger partial charge on any atom is 0.248 e. The zero-order chi connectivity index (χ0) is 17.0. The molecule has 3 rings (SSSR count). The standard InChI is InChI=1S/C18H27N3O3/c1-20(2)17(22)14-23-16-10-18(24-13-16)5-8-21(9-6-18)12-15-4-3-7-19-11-15/h3-4,7,11,16H,5-6,8-10,12-14H2,1-2H3. The van der Waals surface area contributed by atoms with Crippen LogP contribution in [-0.2, 0) is 20.8 Å². The van der Waals surface area contributed by atoms with E-state index < -0.39 is 0 Å². The van der Waals surface area contributed by atoms with E-state index in [1.807, 2.05) is 18.5 Å². The van der Waals surface area contributed by atoms with Crippen LogP contribution >= 0.6 is 0 Å². The van der Waals surface area contributed by atoms with Gasteiger partial charge >= 0.3 is 0 Å². The first-order valence-electron chi connectivity index (χ1n) is 8.63. The highest BCUT2D eigenvalue weighted by molar-refractivity contribution is 5.76. The van der Waals surface area contributed by atoms with E-state index in [0.717, 1.165) is 38.9 Å². The molecule has 1 atom stereocenters. The van der Waals surface area contributed by atoms with Crippen molar-refractivity contribution in [1.29, 1.82) is 0 Å². The Hall–Kier alpha value is -1.50. The molecular weight excluding hydrogens is 306 g/mol. The molecule has 2 aliphatic heterocycles. The third kappa shape index (κ3) is 4.32. The molecule has 1 aromatic heterocycles. The number of piperidine rings is 1. The Balaban J connectivity index is 1.44. The monoisotopic (exact) mass is 333 g/mol. The van der Waals surface area contributed by atoms with E-state index in [0.29, 0.717) is 6.61 Å². The topological polar surface area (TPSA) is 54.9 Å². The van der Waals surface area contributed by atoms with Gasteiger partial charge in [-0.15, -0.1) is 0 Å². The number of ether oxygens (including phenoxy) is 2. The van der Waals surface area contributed by atoms with Crippen molar-refractivity contribution < 1.29 is 14.3 Å². The maximum absolute atomic E-state index is 11.6. The largest absolute Gasteiger partial charge is 0.372 e. The third-order valence-corrected chi connectivity index (χ3v) is 5.01. The van der Waals surface area contributed by atoms with Crippen LogP contribution in [0, 0.1) is 0 Å². The van der Waals surface area contributed by atoms with E-state index in [1.165, 1.54) is 5.56 Å². The minimum Gasteiger partial charge on any atom is -0.372 e. The fourth-order valence-electron chi connectivity index (χ4n) is 3.44. The highest BCUT2D eigenvalue weighted by Crippen LogP contribution is 2.37. The van der Waals surface area contributed by atoms with Gasteiger partial charge in [0, 0.05) is 52.5 Å². The second-order valence-electron chi connectivity index (χ2n) is 7.06. The van der Waals surface area contributed by atoms with Crippen molar-refractivity contribution in [3.05, 3.63) is 30.1 Å². The van der Waals surface area contributed by atoms with Gasteiger partial charge in [-0.2, -0.15) is 0 Å². The highest BCUT2D eigenvalue weighted by atomic mass is 16.6. The molecule has 0 aromatic carbocycles. The van der Waals surface area contributed by atoms with Crippen LogP contribution in [0.15, 0.2) is 24.5 Å². The molecule has 1 unspecified atom stereocenters. The third-order valence-electron chi connectivity index (χ3n) is 5.01. The maximum atomic E-state index is 11.6. The first-order chi connectivity index (χ1) is 11.6. The zero-order valence-corrected chi connectivity index (χ0v) is 14.6. The van der Waals surface area contributed by atoms with Crippen molar-refractivity contribution in [3.63, 3.8) is 0 Å².